The van der Waals surface area contributed by atoms with E-state index in [4.69, 9.17) is 0 Å². The summed E-state index contributed by atoms with van der Waals surface area (Å²) in [6, 6.07) is 39.5. The normalized spacial score (nSPS) is 18.9. The van der Waals surface area contributed by atoms with Crippen molar-refractivity contribution in [3.05, 3.63) is 148 Å². The zero-order valence-corrected chi connectivity index (χ0v) is 16.0. The molecule has 0 aromatic heterocycles. The Morgan fingerprint density at radius 1 is 0.448 bits per heavy atom. The fraction of sp³-hybridized carbons (Fsp3) is 0.0345. The van der Waals surface area contributed by atoms with E-state index in [1.165, 1.54) is 44.5 Å². The highest BCUT2D eigenvalue weighted by molar-refractivity contribution is 6.04. The van der Waals surface area contributed by atoms with E-state index in [9.17, 15) is 0 Å². The van der Waals surface area contributed by atoms with Crippen LogP contribution in [0.1, 0.15) is 33.4 Å². The van der Waals surface area contributed by atoms with Crippen LogP contribution in [-0.4, -0.2) is 0 Å². The molecule has 0 fully saturated rings. The fourth-order valence-electron chi connectivity index (χ4n) is 5.15. The summed E-state index contributed by atoms with van der Waals surface area (Å²) < 4.78 is 0. The predicted molar refractivity (Wildman–Crippen MR) is 121 cm³/mol. The molecule has 0 aliphatic heterocycles. The van der Waals surface area contributed by atoms with Gasteiger partial charge < -0.3 is 0 Å². The minimum atomic E-state index is -0.283. The first kappa shape index (κ1) is 16.3. The minimum Gasteiger partial charge on any atom is -0.0622 e. The van der Waals surface area contributed by atoms with Crippen LogP contribution in [0.15, 0.2) is 115 Å². The maximum absolute atomic E-state index is 2.40. The molecule has 0 N–H and O–H groups in total. The van der Waals surface area contributed by atoms with Crippen LogP contribution in [0.5, 0.6) is 0 Å². The summed E-state index contributed by atoms with van der Waals surface area (Å²) in [7, 11) is 0. The molecule has 0 saturated heterocycles. The highest BCUT2D eigenvalue weighted by atomic mass is 14.5. The molecule has 136 valence electrons. The molecule has 1 unspecified atom stereocenters. The molecule has 0 bridgehead atoms. The average Bonchev–Trinajstić information content (AvgIpc) is 3.16. The van der Waals surface area contributed by atoms with E-state index in [0.717, 1.165) is 0 Å². The lowest BCUT2D eigenvalue weighted by atomic mass is 9.61. The zero-order valence-electron chi connectivity index (χ0n) is 16.0. The van der Waals surface area contributed by atoms with Crippen molar-refractivity contribution >= 4 is 17.7 Å². The second-order valence-electron chi connectivity index (χ2n) is 7.77. The van der Waals surface area contributed by atoms with Crippen molar-refractivity contribution in [3.63, 3.8) is 0 Å². The SMILES string of the molecule is C1=C(c2ccccc2)C2=Cc3ccccc3C2(c2ccccc2)c2ccccc21. The van der Waals surface area contributed by atoms with Gasteiger partial charge in [0.05, 0.1) is 5.41 Å². The number of fused-ring (bicyclic) bond motifs is 5. The molecule has 0 amide bonds. The van der Waals surface area contributed by atoms with Gasteiger partial charge in [0.2, 0.25) is 0 Å². The average molecular weight is 368 g/mol. The molecule has 6 rings (SSSR count). The molecule has 0 nitrogen and oxygen atoms in total. The number of hydrogen-bond donors (Lipinski definition) is 0. The molecular formula is C29H20. The molecule has 1 atom stereocenters. The van der Waals surface area contributed by atoms with E-state index in [0.29, 0.717) is 0 Å². The first-order valence-electron chi connectivity index (χ1n) is 10.1. The van der Waals surface area contributed by atoms with E-state index in [1.54, 1.807) is 0 Å². The summed E-state index contributed by atoms with van der Waals surface area (Å²) in [6.45, 7) is 0. The Morgan fingerprint density at radius 2 is 0.966 bits per heavy atom. The molecule has 0 radical (unpaired) electrons. The standard InChI is InChI=1S/C29H20/c1-3-11-21(12-4-1)25-19-22-13-7-9-17-26(22)29(24-15-5-2-6-16-24)27-18-10-8-14-23(27)20-28(25)29/h1-20H. The van der Waals surface area contributed by atoms with E-state index < -0.39 is 0 Å². The number of hydrogen-bond acceptors (Lipinski definition) is 0. The van der Waals surface area contributed by atoms with Crippen LogP contribution in [-0.2, 0) is 5.41 Å². The van der Waals surface area contributed by atoms with Gasteiger partial charge in [-0.05, 0) is 56.7 Å². The lowest BCUT2D eigenvalue weighted by Crippen LogP contribution is -2.33. The quantitative estimate of drug-likeness (QED) is 0.358. The van der Waals surface area contributed by atoms with Crippen LogP contribution in [0.2, 0.25) is 0 Å². The van der Waals surface area contributed by atoms with Crippen molar-refractivity contribution in [2.45, 2.75) is 5.41 Å². The van der Waals surface area contributed by atoms with Gasteiger partial charge in [-0.2, -0.15) is 0 Å². The van der Waals surface area contributed by atoms with Crippen LogP contribution >= 0.6 is 0 Å². The molecule has 4 aromatic carbocycles. The Balaban J connectivity index is 1.77. The van der Waals surface area contributed by atoms with Gasteiger partial charge in [-0.1, -0.05) is 109 Å². The molecule has 4 aromatic rings. The van der Waals surface area contributed by atoms with Crippen LogP contribution in [0, 0.1) is 0 Å². The van der Waals surface area contributed by atoms with E-state index >= 15 is 0 Å². The summed E-state index contributed by atoms with van der Waals surface area (Å²) in [5, 5.41) is 0. The highest BCUT2D eigenvalue weighted by Crippen LogP contribution is 2.58. The first-order valence-corrected chi connectivity index (χ1v) is 10.1. The molecule has 2 aliphatic rings. The molecule has 0 heterocycles. The molecular weight excluding hydrogens is 348 g/mol. The second kappa shape index (κ2) is 6.18. The highest BCUT2D eigenvalue weighted by Gasteiger charge is 2.48. The molecule has 29 heavy (non-hydrogen) atoms. The molecule has 0 heteroatoms. The third kappa shape index (κ3) is 2.20. The van der Waals surface area contributed by atoms with Gasteiger partial charge in [0.1, 0.15) is 0 Å². The lowest BCUT2D eigenvalue weighted by molar-refractivity contribution is 0.759. The van der Waals surface area contributed by atoms with Crippen molar-refractivity contribution < 1.29 is 0 Å². The number of rotatable bonds is 2. The third-order valence-corrected chi connectivity index (χ3v) is 6.32. The first-order chi connectivity index (χ1) is 14.4. The summed E-state index contributed by atoms with van der Waals surface area (Å²) in [5.74, 6) is 0. The van der Waals surface area contributed by atoms with Crippen molar-refractivity contribution in [1.82, 2.24) is 0 Å². The smallest absolute Gasteiger partial charge is 0.0622 e. The fourth-order valence-corrected chi connectivity index (χ4v) is 5.15. The van der Waals surface area contributed by atoms with Crippen LogP contribution in [0.4, 0.5) is 0 Å². The van der Waals surface area contributed by atoms with Crippen molar-refractivity contribution in [1.29, 1.82) is 0 Å². The Kier molecular flexibility index (Phi) is 3.48. The molecule has 2 aliphatic carbocycles. The Bertz CT molecular complexity index is 1280. The predicted octanol–water partition coefficient (Wildman–Crippen LogP) is 6.97. The van der Waals surface area contributed by atoms with Gasteiger partial charge in [-0.3, -0.25) is 0 Å². The Morgan fingerprint density at radius 3 is 1.62 bits per heavy atom. The van der Waals surface area contributed by atoms with Gasteiger partial charge >= 0.3 is 0 Å². The van der Waals surface area contributed by atoms with Crippen LogP contribution in [0.3, 0.4) is 0 Å². The molecule has 0 spiro atoms. The van der Waals surface area contributed by atoms with Gasteiger partial charge in [0.15, 0.2) is 0 Å². The molecule has 0 saturated carbocycles. The number of allylic oxidation sites excluding steroid dienone is 2. The van der Waals surface area contributed by atoms with E-state index in [1.807, 2.05) is 0 Å². The van der Waals surface area contributed by atoms with Gasteiger partial charge in [0.25, 0.3) is 0 Å². The van der Waals surface area contributed by atoms with Crippen LogP contribution in [0.25, 0.3) is 17.7 Å². The van der Waals surface area contributed by atoms with E-state index in [-0.39, 0.29) is 5.41 Å². The monoisotopic (exact) mass is 368 g/mol. The topological polar surface area (TPSA) is 0 Å². The summed E-state index contributed by atoms with van der Waals surface area (Å²) in [6.07, 6.45) is 4.76. The van der Waals surface area contributed by atoms with E-state index in [2.05, 4.69) is 121 Å². The van der Waals surface area contributed by atoms with Crippen molar-refractivity contribution in [3.8, 4) is 0 Å². The second-order valence-corrected chi connectivity index (χ2v) is 7.77. The van der Waals surface area contributed by atoms with Crippen molar-refractivity contribution in [2.24, 2.45) is 0 Å². The summed E-state index contributed by atoms with van der Waals surface area (Å²) in [4.78, 5) is 0. The van der Waals surface area contributed by atoms with Gasteiger partial charge in [-0.15, -0.1) is 0 Å². The van der Waals surface area contributed by atoms with Gasteiger partial charge in [-0.25, -0.2) is 0 Å². The number of benzene rings is 4. The van der Waals surface area contributed by atoms with Crippen LogP contribution < -0.4 is 0 Å². The Labute approximate surface area is 171 Å². The lowest BCUT2D eigenvalue weighted by Gasteiger charge is -2.40. The largest absolute Gasteiger partial charge is 0.0719 e. The van der Waals surface area contributed by atoms with Gasteiger partial charge in [0, 0.05) is 0 Å². The maximum atomic E-state index is 2.40. The van der Waals surface area contributed by atoms with Crippen molar-refractivity contribution in [2.75, 3.05) is 0 Å². The Hall–Kier alpha value is -3.64. The maximum Gasteiger partial charge on any atom is 0.0719 e. The summed E-state index contributed by atoms with van der Waals surface area (Å²) in [5.41, 5.74) is 10.3. The zero-order chi connectivity index (χ0) is 19.3. The summed E-state index contributed by atoms with van der Waals surface area (Å²) >= 11 is 0. The minimum absolute atomic E-state index is 0.283. The third-order valence-electron chi connectivity index (χ3n) is 6.32.